The van der Waals surface area contributed by atoms with E-state index in [1.807, 2.05) is 22.5 Å². The molecule has 15 heavy (non-hydrogen) atoms. The summed E-state index contributed by atoms with van der Waals surface area (Å²) in [6.45, 7) is 6.21. The van der Waals surface area contributed by atoms with E-state index in [9.17, 15) is 0 Å². The van der Waals surface area contributed by atoms with E-state index in [2.05, 4.69) is 31.6 Å². The molecule has 0 unspecified atom stereocenters. The summed E-state index contributed by atoms with van der Waals surface area (Å²) >= 11 is 4.06. The van der Waals surface area contributed by atoms with Crippen LogP contribution in [0.1, 0.15) is 13.8 Å². The molecule has 1 aromatic heterocycles. The predicted molar refractivity (Wildman–Crippen MR) is 63.7 cm³/mol. The van der Waals surface area contributed by atoms with E-state index < -0.39 is 0 Å². The third kappa shape index (κ3) is 19.6. The highest BCUT2D eigenvalue weighted by molar-refractivity contribution is 7.77. The van der Waals surface area contributed by atoms with Crippen molar-refractivity contribution in [3.05, 3.63) is 30.6 Å². The molecule has 1 rings (SSSR count). The van der Waals surface area contributed by atoms with Crippen LogP contribution in [0.3, 0.4) is 0 Å². The first-order valence-corrected chi connectivity index (χ1v) is 4.50. The summed E-state index contributed by atoms with van der Waals surface area (Å²) in [5.41, 5.74) is 0. The lowest BCUT2D eigenvalue weighted by atomic mass is 10.5. The first kappa shape index (κ1) is 23.8. The SMILES string of the molecule is CCN(S)CC.F.F.F.c1ccncc1. The summed E-state index contributed by atoms with van der Waals surface area (Å²) in [5, 5.41) is 0. The Morgan fingerprint density at radius 1 is 0.933 bits per heavy atom. The van der Waals surface area contributed by atoms with Crippen LogP contribution in [0.2, 0.25) is 0 Å². The number of aromatic nitrogens is 1. The van der Waals surface area contributed by atoms with Crippen molar-refractivity contribution in [3.63, 3.8) is 0 Å². The molecule has 0 amide bonds. The average Bonchev–Trinajstić information content (AvgIpc) is 2.20. The number of pyridine rings is 1. The standard InChI is InChI=1S/C5H5N.C4H11NS.3FH/c1-2-4-6-5-3-1;1-3-5(6)4-2;;;/h1-5H;6H,3-4H2,1-2H3;3*1H. The Morgan fingerprint density at radius 2 is 1.33 bits per heavy atom. The monoisotopic (exact) mass is 244 g/mol. The molecule has 1 heterocycles. The number of nitrogens with zero attached hydrogens (tertiary/aromatic N) is 2. The number of rotatable bonds is 2. The van der Waals surface area contributed by atoms with Crippen LogP contribution in [0.15, 0.2) is 30.6 Å². The minimum absolute atomic E-state index is 0. The van der Waals surface area contributed by atoms with E-state index in [1.165, 1.54) is 0 Å². The number of halogens is 3. The van der Waals surface area contributed by atoms with Gasteiger partial charge >= 0.3 is 0 Å². The van der Waals surface area contributed by atoms with Crippen LogP contribution in [-0.2, 0) is 0 Å². The normalized spacial score (nSPS) is 7.20. The molecule has 0 aliphatic heterocycles. The fraction of sp³-hybridized carbons (Fsp3) is 0.444. The maximum Gasteiger partial charge on any atom is 0.0267 e. The Labute approximate surface area is 94.4 Å². The summed E-state index contributed by atoms with van der Waals surface area (Å²) < 4.78 is 1.94. The van der Waals surface area contributed by atoms with Crippen LogP contribution >= 0.6 is 12.8 Å². The van der Waals surface area contributed by atoms with E-state index >= 15 is 0 Å². The fourth-order valence-electron chi connectivity index (χ4n) is 0.536. The molecule has 2 nitrogen and oxygen atoms in total. The van der Waals surface area contributed by atoms with E-state index in [0.717, 1.165) is 13.1 Å². The maximum absolute atomic E-state index is 4.06. The first-order chi connectivity index (χ1) is 5.81. The highest BCUT2D eigenvalue weighted by atomic mass is 32.1. The molecule has 92 valence electrons. The minimum atomic E-state index is 0. The van der Waals surface area contributed by atoms with Gasteiger partial charge in [0.2, 0.25) is 0 Å². The Kier molecular flexibility index (Phi) is 30.0. The van der Waals surface area contributed by atoms with Crippen LogP contribution in [0.25, 0.3) is 0 Å². The third-order valence-electron chi connectivity index (χ3n) is 1.30. The molecule has 0 N–H and O–H groups in total. The van der Waals surface area contributed by atoms with E-state index in [0.29, 0.717) is 0 Å². The molecule has 6 heteroatoms. The fourth-order valence-corrected chi connectivity index (χ4v) is 0.536. The van der Waals surface area contributed by atoms with Gasteiger partial charge in [-0.05, 0) is 12.1 Å². The molecule has 0 atom stereocenters. The van der Waals surface area contributed by atoms with Crippen molar-refractivity contribution in [1.29, 1.82) is 0 Å². The van der Waals surface area contributed by atoms with Gasteiger partial charge < -0.3 is 0 Å². The molecular weight excluding hydrogens is 225 g/mol. The number of thiol groups is 1. The van der Waals surface area contributed by atoms with Crippen molar-refractivity contribution >= 4 is 12.8 Å². The third-order valence-corrected chi connectivity index (χ3v) is 1.86. The van der Waals surface area contributed by atoms with Gasteiger partial charge in [0.1, 0.15) is 0 Å². The highest BCUT2D eigenvalue weighted by Gasteiger charge is 1.83. The largest absolute Gasteiger partial charge is 0.269 e. The van der Waals surface area contributed by atoms with E-state index in [1.54, 1.807) is 12.4 Å². The van der Waals surface area contributed by atoms with Crippen molar-refractivity contribution in [3.8, 4) is 0 Å². The van der Waals surface area contributed by atoms with Crippen LogP contribution in [0.4, 0.5) is 14.1 Å². The maximum atomic E-state index is 4.06. The van der Waals surface area contributed by atoms with Gasteiger partial charge in [0, 0.05) is 25.5 Å². The Balaban J connectivity index is -0.0000000672. The van der Waals surface area contributed by atoms with Gasteiger partial charge in [0.15, 0.2) is 0 Å². The zero-order valence-electron chi connectivity index (χ0n) is 8.87. The Bertz CT molecular complexity index is 148. The predicted octanol–water partition coefficient (Wildman–Crippen LogP) is 2.71. The van der Waals surface area contributed by atoms with E-state index in [-0.39, 0.29) is 14.1 Å². The Morgan fingerprint density at radius 3 is 1.40 bits per heavy atom. The highest BCUT2D eigenvalue weighted by Crippen LogP contribution is 1.86. The lowest BCUT2D eigenvalue weighted by molar-refractivity contribution is 0.532. The topological polar surface area (TPSA) is 16.1 Å². The van der Waals surface area contributed by atoms with Crippen molar-refractivity contribution in [2.45, 2.75) is 13.8 Å². The summed E-state index contributed by atoms with van der Waals surface area (Å²) in [7, 11) is 0. The lowest BCUT2D eigenvalue weighted by Crippen LogP contribution is -2.08. The minimum Gasteiger partial charge on any atom is -0.269 e. The van der Waals surface area contributed by atoms with Crippen molar-refractivity contribution in [2.24, 2.45) is 0 Å². The smallest absolute Gasteiger partial charge is 0.0267 e. The average molecular weight is 244 g/mol. The van der Waals surface area contributed by atoms with Crippen molar-refractivity contribution in [2.75, 3.05) is 13.1 Å². The van der Waals surface area contributed by atoms with Gasteiger partial charge in [-0.1, -0.05) is 32.7 Å². The van der Waals surface area contributed by atoms with Crippen LogP contribution in [0, 0.1) is 0 Å². The molecular formula is C9H19F3N2S. The lowest BCUT2D eigenvalue weighted by Gasteiger charge is -2.05. The van der Waals surface area contributed by atoms with Gasteiger partial charge in [-0.2, -0.15) is 0 Å². The molecule has 0 aliphatic rings. The molecule has 1 aromatic rings. The van der Waals surface area contributed by atoms with Gasteiger partial charge in [0.05, 0.1) is 0 Å². The van der Waals surface area contributed by atoms with Crippen LogP contribution in [0.5, 0.6) is 0 Å². The van der Waals surface area contributed by atoms with Crippen molar-refractivity contribution in [1.82, 2.24) is 9.29 Å². The summed E-state index contributed by atoms with van der Waals surface area (Å²) in [4.78, 5) is 3.78. The molecule has 0 aliphatic carbocycles. The number of hydrogen-bond acceptors (Lipinski definition) is 3. The first-order valence-electron chi connectivity index (χ1n) is 4.10. The van der Waals surface area contributed by atoms with Gasteiger partial charge in [-0.25, -0.2) is 0 Å². The second-order valence-electron chi connectivity index (χ2n) is 2.16. The second kappa shape index (κ2) is 18.9. The molecule has 0 spiro atoms. The quantitative estimate of drug-likeness (QED) is 0.805. The van der Waals surface area contributed by atoms with Crippen molar-refractivity contribution < 1.29 is 14.1 Å². The molecule has 0 radical (unpaired) electrons. The molecule has 0 aromatic carbocycles. The second-order valence-corrected chi connectivity index (χ2v) is 2.73. The van der Waals surface area contributed by atoms with Gasteiger partial charge in [0.25, 0.3) is 0 Å². The molecule has 0 fully saturated rings. The van der Waals surface area contributed by atoms with E-state index in [4.69, 9.17) is 0 Å². The zero-order valence-corrected chi connectivity index (χ0v) is 9.76. The summed E-state index contributed by atoms with van der Waals surface area (Å²) in [5.74, 6) is 0. The molecule has 0 bridgehead atoms. The van der Waals surface area contributed by atoms with Crippen LogP contribution in [-0.4, -0.2) is 22.4 Å². The number of hydrogen-bond donors (Lipinski definition) is 1. The molecule has 0 saturated carbocycles. The van der Waals surface area contributed by atoms with Crippen LogP contribution < -0.4 is 0 Å². The summed E-state index contributed by atoms with van der Waals surface area (Å²) in [6.07, 6.45) is 3.50. The summed E-state index contributed by atoms with van der Waals surface area (Å²) in [6, 6.07) is 5.72. The molecule has 0 saturated heterocycles. The van der Waals surface area contributed by atoms with Gasteiger partial charge in [-0.15, -0.1) is 0 Å². The zero-order chi connectivity index (χ0) is 9.23. The Hall–Kier alpha value is -0.750. The van der Waals surface area contributed by atoms with Gasteiger partial charge in [-0.3, -0.25) is 23.4 Å².